The summed E-state index contributed by atoms with van der Waals surface area (Å²) in [4.78, 5) is 71.5. The van der Waals surface area contributed by atoms with Crippen LogP contribution in [0.3, 0.4) is 0 Å². The van der Waals surface area contributed by atoms with E-state index in [4.69, 9.17) is 30.3 Å². The molecule has 0 saturated carbocycles. The molecule has 1 aliphatic heterocycles. The molecule has 0 spiro atoms. The Labute approximate surface area is 353 Å². The molecule has 7 N–H and O–H groups in total. The van der Waals surface area contributed by atoms with E-state index in [-0.39, 0.29) is 44.4 Å². The van der Waals surface area contributed by atoms with Crippen LogP contribution < -0.4 is 16.4 Å². The molecule has 0 radical (unpaired) electrons. The van der Waals surface area contributed by atoms with Crippen molar-refractivity contribution in [2.75, 3.05) is 13.2 Å². The summed E-state index contributed by atoms with van der Waals surface area (Å²) in [5, 5.41) is 30.2. The van der Waals surface area contributed by atoms with Crippen LogP contribution in [-0.2, 0) is 52.8 Å². The second-order valence-corrected chi connectivity index (χ2v) is 13.7. The lowest BCUT2D eigenvalue weighted by atomic mass is 10.0. The molecule has 4 rings (SSSR count). The van der Waals surface area contributed by atoms with E-state index in [2.05, 4.69) is 10.6 Å². The van der Waals surface area contributed by atoms with Crippen LogP contribution in [0.15, 0.2) is 72.8 Å². The van der Waals surface area contributed by atoms with Crippen LogP contribution in [0.4, 0.5) is 39.5 Å². The minimum atomic E-state index is -5.08. The number of alkyl halides is 6. The van der Waals surface area contributed by atoms with Gasteiger partial charge < -0.3 is 36.0 Å². The number of likely N-dealkylation sites (tertiary alicyclic amines) is 1. The number of carbonyl (C=O) groups is 6. The molecule has 1 saturated heterocycles. The number of amides is 2. The van der Waals surface area contributed by atoms with Gasteiger partial charge >= 0.3 is 36.2 Å². The van der Waals surface area contributed by atoms with Crippen molar-refractivity contribution in [1.29, 1.82) is 0 Å². The monoisotopic (exact) mass is 910 g/mol. The first-order chi connectivity index (χ1) is 29.3. The van der Waals surface area contributed by atoms with Gasteiger partial charge in [-0.2, -0.15) is 26.3 Å². The van der Waals surface area contributed by atoms with Gasteiger partial charge in [-0.05, 0) is 55.4 Å². The van der Waals surface area contributed by atoms with Gasteiger partial charge in [-0.1, -0.05) is 60.7 Å². The third kappa shape index (κ3) is 18.3. The molecular formula is C40H43F9N4O10. The van der Waals surface area contributed by atoms with Gasteiger partial charge in [0.2, 0.25) is 11.8 Å². The van der Waals surface area contributed by atoms with Crippen molar-refractivity contribution in [2.45, 2.75) is 88.0 Å². The van der Waals surface area contributed by atoms with Crippen molar-refractivity contribution in [3.05, 3.63) is 107 Å². The molecule has 1 fully saturated rings. The molecule has 3 aromatic carbocycles. The highest BCUT2D eigenvalue weighted by molar-refractivity contribution is 5.89. The lowest BCUT2D eigenvalue weighted by molar-refractivity contribution is -0.193. The summed E-state index contributed by atoms with van der Waals surface area (Å²) >= 11 is 0. The zero-order valence-corrected chi connectivity index (χ0v) is 33.1. The van der Waals surface area contributed by atoms with Crippen molar-refractivity contribution in [3.8, 4) is 0 Å². The highest BCUT2D eigenvalue weighted by Crippen LogP contribution is 2.23. The Bertz CT molecular complexity index is 1980. The van der Waals surface area contributed by atoms with E-state index < -0.39 is 95.7 Å². The largest absolute Gasteiger partial charge is 0.490 e. The fraction of sp³-hybridized carbons (Fsp3) is 0.400. The fourth-order valence-corrected chi connectivity index (χ4v) is 6.00. The summed E-state index contributed by atoms with van der Waals surface area (Å²) in [7, 11) is 0. The standard InChI is InChI=1S/C36H41F3N4O6.2C2HF3O2/c1-2-49-36(48)30(14-13-22-9-5-3-6-10-22)42-31(15-23-11-7-4-8-12-23)34(45)43-21-26(19-32(43)35(46)47)41-33(44)18-25(40)16-24-17-28(38)29(39)20-27(24)37;2*3-2(4,5)1(6)7/h3-12,17,20,25-26,30-32,42H,2,13-16,18-19,21,40H2,1H3,(H,41,44)(H,46,47);2*(H,6,7)/t25-,26+,30?,31+,32+;;/m1../s1. The number of carboxylic acid groups (broad SMARTS) is 3. The quantitative estimate of drug-likeness (QED) is 0.0661. The van der Waals surface area contributed by atoms with E-state index in [1.54, 1.807) is 6.92 Å². The Morgan fingerprint density at radius 2 is 1.29 bits per heavy atom. The Kier molecular flexibility index (Phi) is 20.5. The highest BCUT2D eigenvalue weighted by atomic mass is 19.4. The number of hydrogen-bond donors (Lipinski definition) is 6. The van der Waals surface area contributed by atoms with Gasteiger partial charge in [0.15, 0.2) is 11.6 Å². The first kappa shape index (κ1) is 52.9. The Balaban J connectivity index is 0.000000838. The number of carboxylic acids is 3. The zero-order chi connectivity index (χ0) is 47.7. The maximum atomic E-state index is 14.2. The van der Waals surface area contributed by atoms with E-state index in [0.29, 0.717) is 25.0 Å². The maximum Gasteiger partial charge on any atom is 0.490 e. The number of nitrogens with two attached hydrogens (primary N) is 1. The minimum Gasteiger partial charge on any atom is -0.480 e. The number of nitrogens with one attached hydrogen (secondary N) is 2. The summed E-state index contributed by atoms with van der Waals surface area (Å²) in [6.45, 7) is 1.69. The number of hydrogen-bond acceptors (Lipinski definition) is 9. The van der Waals surface area contributed by atoms with Gasteiger partial charge in [0.25, 0.3) is 0 Å². The Hall–Kier alpha value is -6.23. The van der Waals surface area contributed by atoms with E-state index in [9.17, 15) is 63.8 Å². The van der Waals surface area contributed by atoms with Crippen molar-refractivity contribution in [3.63, 3.8) is 0 Å². The minimum absolute atomic E-state index is 0.0901. The molecule has 23 heteroatoms. The van der Waals surface area contributed by atoms with Crippen LogP contribution in [0, 0.1) is 17.5 Å². The topological polar surface area (TPSA) is 226 Å². The van der Waals surface area contributed by atoms with Crippen LogP contribution in [-0.4, -0.2) is 112 Å². The Morgan fingerprint density at radius 1 is 0.778 bits per heavy atom. The molecule has 0 bridgehead atoms. The third-order valence-electron chi connectivity index (χ3n) is 8.86. The van der Waals surface area contributed by atoms with E-state index in [0.717, 1.165) is 11.1 Å². The van der Waals surface area contributed by atoms with Gasteiger partial charge in [0.05, 0.1) is 12.6 Å². The van der Waals surface area contributed by atoms with Gasteiger partial charge in [-0.3, -0.25) is 19.7 Å². The first-order valence-corrected chi connectivity index (χ1v) is 18.7. The van der Waals surface area contributed by atoms with Crippen molar-refractivity contribution < 1.29 is 88.3 Å². The zero-order valence-electron chi connectivity index (χ0n) is 33.1. The molecule has 5 atom stereocenters. The van der Waals surface area contributed by atoms with E-state index in [1.165, 1.54) is 4.90 Å². The predicted octanol–water partition coefficient (Wildman–Crippen LogP) is 4.57. The molecule has 3 aromatic rings. The van der Waals surface area contributed by atoms with Gasteiger partial charge in [0.1, 0.15) is 17.9 Å². The number of halogens is 9. The summed E-state index contributed by atoms with van der Waals surface area (Å²) in [6.07, 6.45) is -9.84. The molecule has 346 valence electrons. The molecule has 2 amide bonds. The van der Waals surface area contributed by atoms with Gasteiger partial charge in [0, 0.05) is 37.5 Å². The van der Waals surface area contributed by atoms with Crippen molar-refractivity contribution in [2.24, 2.45) is 5.73 Å². The normalized spacial score (nSPS) is 16.2. The third-order valence-corrected chi connectivity index (χ3v) is 8.86. The first-order valence-electron chi connectivity index (χ1n) is 18.7. The lowest BCUT2D eigenvalue weighted by Crippen LogP contribution is -2.55. The van der Waals surface area contributed by atoms with Crippen LogP contribution >= 0.6 is 0 Å². The summed E-state index contributed by atoms with van der Waals surface area (Å²) in [6, 6.07) is 14.8. The average Bonchev–Trinajstić information content (AvgIpc) is 3.62. The van der Waals surface area contributed by atoms with Crippen molar-refractivity contribution in [1.82, 2.24) is 15.5 Å². The lowest BCUT2D eigenvalue weighted by Gasteiger charge is -2.30. The van der Waals surface area contributed by atoms with Crippen LogP contribution in [0.5, 0.6) is 0 Å². The Morgan fingerprint density at radius 3 is 1.78 bits per heavy atom. The molecule has 0 aromatic heterocycles. The number of nitrogens with zero attached hydrogens (tertiary/aromatic N) is 1. The molecule has 1 aliphatic rings. The highest BCUT2D eigenvalue weighted by Gasteiger charge is 2.43. The summed E-state index contributed by atoms with van der Waals surface area (Å²) in [5.74, 6) is -12.0. The number of aryl methyl sites for hydroxylation is 1. The molecule has 63 heavy (non-hydrogen) atoms. The number of aliphatic carboxylic acids is 3. The molecule has 1 unspecified atom stereocenters. The summed E-state index contributed by atoms with van der Waals surface area (Å²) < 4.78 is 110. The van der Waals surface area contributed by atoms with Gasteiger partial charge in [-0.25, -0.2) is 27.6 Å². The SMILES string of the molecule is CCOC(=O)C(CCc1ccccc1)N[C@@H](Cc1ccccc1)C(=O)N1C[C@@H](NC(=O)C[C@H](N)Cc2cc(F)c(F)cc2F)C[C@H]1C(=O)O.O=C(O)C(F)(F)F.O=C(O)C(F)(F)F. The second kappa shape index (κ2) is 24.4. The molecule has 0 aliphatic carbocycles. The van der Waals surface area contributed by atoms with E-state index in [1.807, 2.05) is 60.7 Å². The van der Waals surface area contributed by atoms with Gasteiger partial charge in [-0.15, -0.1) is 0 Å². The van der Waals surface area contributed by atoms with Crippen molar-refractivity contribution >= 4 is 35.7 Å². The predicted molar refractivity (Wildman–Crippen MR) is 202 cm³/mol. The number of rotatable bonds is 16. The number of esters is 1. The molecule has 14 nitrogen and oxygen atoms in total. The smallest absolute Gasteiger partial charge is 0.480 e. The van der Waals surface area contributed by atoms with Crippen LogP contribution in [0.1, 0.15) is 42.9 Å². The van der Waals surface area contributed by atoms with Crippen LogP contribution in [0.25, 0.3) is 0 Å². The average molecular weight is 911 g/mol. The number of carbonyl (C=O) groups excluding carboxylic acids is 3. The van der Waals surface area contributed by atoms with Crippen LogP contribution in [0.2, 0.25) is 0 Å². The second-order valence-electron chi connectivity index (χ2n) is 13.7. The number of ether oxygens (including phenoxy) is 1. The summed E-state index contributed by atoms with van der Waals surface area (Å²) in [5.41, 5.74) is 7.59. The number of benzene rings is 3. The molecule has 1 heterocycles. The molecular weight excluding hydrogens is 867 g/mol. The van der Waals surface area contributed by atoms with E-state index >= 15 is 0 Å². The maximum absolute atomic E-state index is 14.2. The fourth-order valence-electron chi connectivity index (χ4n) is 6.00.